The normalized spacial score (nSPS) is 19.8. The molecule has 0 saturated heterocycles. The summed E-state index contributed by atoms with van der Waals surface area (Å²) in [5.74, 6) is 1.05. The van der Waals surface area contributed by atoms with Gasteiger partial charge >= 0.3 is 0 Å². The Morgan fingerprint density at radius 3 is 2.65 bits per heavy atom. The van der Waals surface area contributed by atoms with Crippen molar-refractivity contribution in [3.63, 3.8) is 0 Å². The molecule has 1 fully saturated rings. The lowest BCUT2D eigenvalue weighted by atomic mass is 9.85. The van der Waals surface area contributed by atoms with Gasteiger partial charge in [0.25, 0.3) is 0 Å². The molecule has 4 nitrogen and oxygen atoms in total. The summed E-state index contributed by atoms with van der Waals surface area (Å²) in [6.45, 7) is 6.52. The van der Waals surface area contributed by atoms with E-state index in [-0.39, 0.29) is 11.5 Å². The van der Waals surface area contributed by atoms with E-state index in [4.69, 9.17) is 5.73 Å². The minimum absolute atomic E-state index is 0.118. The molecule has 4 heteroatoms. The molecular formula is C13H24N4. The second-order valence-corrected chi connectivity index (χ2v) is 6.27. The van der Waals surface area contributed by atoms with Crippen molar-refractivity contribution in [2.45, 2.75) is 65.0 Å². The van der Waals surface area contributed by atoms with Gasteiger partial charge in [-0.25, -0.2) is 0 Å². The minimum atomic E-state index is 0.118. The van der Waals surface area contributed by atoms with E-state index in [1.54, 1.807) is 0 Å². The summed E-state index contributed by atoms with van der Waals surface area (Å²) in [7, 11) is 0. The Morgan fingerprint density at radius 1 is 1.41 bits per heavy atom. The Labute approximate surface area is 104 Å². The second-order valence-electron chi connectivity index (χ2n) is 6.27. The first kappa shape index (κ1) is 12.6. The fourth-order valence-corrected chi connectivity index (χ4v) is 2.40. The third-order valence-electron chi connectivity index (χ3n) is 3.88. The molecule has 1 aromatic heterocycles. The molecule has 2 rings (SSSR count). The van der Waals surface area contributed by atoms with E-state index >= 15 is 0 Å². The molecule has 0 spiro atoms. The number of aromatic nitrogens is 3. The third kappa shape index (κ3) is 2.86. The molecule has 1 unspecified atom stereocenters. The summed E-state index contributed by atoms with van der Waals surface area (Å²) in [4.78, 5) is 0. The zero-order valence-corrected chi connectivity index (χ0v) is 11.2. The van der Waals surface area contributed by atoms with Gasteiger partial charge in [0, 0.05) is 18.5 Å². The SMILES string of the molecule is CC(C)(C)C(N)Cc1nncn1C1CCCC1. The van der Waals surface area contributed by atoms with Gasteiger partial charge in [-0.2, -0.15) is 0 Å². The predicted octanol–water partition coefficient (Wildman–Crippen LogP) is 2.31. The summed E-state index contributed by atoms with van der Waals surface area (Å²) in [5.41, 5.74) is 6.35. The lowest BCUT2D eigenvalue weighted by Gasteiger charge is -2.27. The van der Waals surface area contributed by atoms with Crippen LogP contribution in [0.1, 0.15) is 58.3 Å². The fraction of sp³-hybridized carbons (Fsp3) is 0.846. The molecule has 96 valence electrons. The van der Waals surface area contributed by atoms with Gasteiger partial charge in [-0.3, -0.25) is 0 Å². The summed E-state index contributed by atoms with van der Waals surface area (Å²) >= 11 is 0. The number of hydrogen-bond donors (Lipinski definition) is 1. The summed E-state index contributed by atoms with van der Waals surface area (Å²) < 4.78 is 2.25. The van der Waals surface area contributed by atoms with Crippen molar-refractivity contribution in [2.24, 2.45) is 11.1 Å². The van der Waals surface area contributed by atoms with Gasteiger partial charge in [0.15, 0.2) is 0 Å². The maximum absolute atomic E-state index is 6.23. The van der Waals surface area contributed by atoms with Crippen LogP contribution < -0.4 is 5.73 Å². The van der Waals surface area contributed by atoms with E-state index in [9.17, 15) is 0 Å². The van der Waals surface area contributed by atoms with Crippen LogP contribution in [-0.4, -0.2) is 20.8 Å². The predicted molar refractivity (Wildman–Crippen MR) is 68.7 cm³/mol. The van der Waals surface area contributed by atoms with Gasteiger partial charge in [0.05, 0.1) is 0 Å². The van der Waals surface area contributed by atoms with Crippen LogP contribution in [0.3, 0.4) is 0 Å². The number of nitrogens with two attached hydrogens (primary N) is 1. The van der Waals surface area contributed by atoms with Crippen molar-refractivity contribution in [3.8, 4) is 0 Å². The lowest BCUT2D eigenvalue weighted by molar-refractivity contribution is 0.310. The molecule has 0 aliphatic heterocycles. The smallest absolute Gasteiger partial charge is 0.134 e. The van der Waals surface area contributed by atoms with Crippen LogP contribution in [0.2, 0.25) is 0 Å². The lowest BCUT2D eigenvalue weighted by Crippen LogP contribution is -2.37. The zero-order chi connectivity index (χ0) is 12.5. The molecule has 2 N–H and O–H groups in total. The van der Waals surface area contributed by atoms with Crippen molar-refractivity contribution in [1.29, 1.82) is 0 Å². The first-order valence-electron chi connectivity index (χ1n) is 6.62. The van der Waals surface area contributed by atoms with Crippen LogP contribution in [0, 0.1) is 5.41 Å². The maximum Gasteiger partial charge on any atom is 0.134 e. The maximum atomic E-state index is 6.23. The Morgan fingerprint density at radius 2 is 2.06 bits per heavy atom. The molecule has 0 aromatic carbocycles. The number of hydrogen-bond acceptors (Lipinski definition) is 3. The van der Waals surface area contributed by atoms with Gasteiger partial charge in [-0.05, 0) is 18.3 Å². The van der Waals surface area contributed by atoms with E-state index in [2.05, 4.69) is 35.5 Å². The Balaban J connectivity index is 2.08. The van der Waals surface area contributed by atoms with Crippen molar-refractivity contribution in [1.82, 2.24) is 14.8 Å². The van der Waals surface area contributed by atoms with Gasteiger partial charge in [0.2, 0.25) is 0 Å². The van der Waals surface area contributed by atoms with Crippen LogP contribution >= 0.6 is 0 Å². The first-order valence-corrected chi connectivity index (χ1v) is 6.62. The quantitative estimate of drug-likeness (QED) is 0.876. The van der Waals surface area contributed by atoms with E-state index < -0.39 is 0 Å². The van der Waals surface area contributed by atoms with E-state index in [0.717, 1.165) is 12.2 Å². The van der Waals surface area contributed by atoms with Crippen molar-refractivity contribution in [2.75, 3.05) is 0 Å². The molecular weight excluding hydrogens is 212 g/mol. The molecule has 0 bridgehead atoms. The molecule has 0 amide bonds. The highest BCUT2D eigenvalue weighted by atomic mass is 15.3. The van der Waals surface area contributed by atoms with Crippen molar-refractivity contribution >= 4 is 0 Å². The van der Waals surface area contributed by atoms with Gasteiger partial charge in [-0.15, -0.1) is 10.2 Å². The second kappa shape index (κ2) is 4.77. The minimum Gasteiger partial charge on any atom is -0.327 e. The highest BCUT2D eigenvalue weighted by Crippen LogP contribution is 2.30. The molecule has 1 aromatic rings. The topological polar surface area (TPSA) is 56.7 Å². The molecule has 1 aliphatic rings. The number of rotatable bonds is 3. The average Bonchev–Trinajstić information content (AvgIpc) is 2.83. The van der Waals surface area contributed by atoms with E-state index in [0.29, 0.717) is 6.04 Å². The van der Waals surface area contributed by atoms with Crippen LogP contribution in [0.4, 0.5) is 0 Å². The monoisotopic (exact) mass is 236 g/mol. The van der Waals surface area contributed by atoms with Crippen LogP contribution in [0.25, 0.3) is 0 Å². The fourth-order valence-electron chi connectivity index (χ4n) is 2.40. The van der Waals surface area contributed by atoms with Gasteiger partial charge in [-0.1, -0.05) is 33.6 Å². The van der Waals surface area contributed by atoms with E-state index in [1.165, 1.54) is 25.7 Å². The van der Waals surface area contributed by atoms with Crippen LogP contribution in [0.15, 0.2) is 6.33 Å². The molecule has 17 heavy (non-hydrogen) atoms. The summed E-state index contributed by atoms with van der Waals surface area (Å²) in [6, 6.07) is 0.735. The highest BCUT2D eigenvalue weighted by molar-refractivity contribution is 4.96. The largest absolute Gasteiger partial charge is 0.327 e. The van der Waals surface area contributed by atoms with Crippen molar-refractivity contribution in [3.05, 3.63) is 12.2 Å². The van der Waals surface area contributed by atoms with Crippen LogP contribution in [-0.2, 0) is 6.42 Å². The standard InChI is InChI=1S/C13H24N4/c1-13(2,3)11(14)8-12-16-15-9-17(12)10-6-4-5-7-10/h9-11H,4-8,14H2,1-3H3. The number of nitrogens with zero attached hydrogens (tertiary/aromatic N) is 3. The average molecular weight is 236 g/mol. The third-order valence-corrected chi connectivity index (χ3v) is 3.88. The molecule has 1 heterocycles. The molecule has 0 radical (unpaired) electrons. The first-order chi connectivity index (χ1) is 7.98. The molecule has 1 aliphatic carbocycles. The van der Waals surface area contributed by atoms with Gasteiger partial charge in [0.1, 0.15) is 12.2 Å². The molecule has 1 atom stereocenters. The summed E-state index contributed by atoms with van der Waals surface area (Å²) in [6.07, 6.45) is 7.87. The van der Waals surface area contributed by atoms with Gasteiger partial charge < -0.3 is 10.3 Å². The zero-order valence-electron chi connectivity index (χ0n) is 11.2. The Kier molecular flexibility index (Phi) is 3.52. The Hall–Kier alpha value is -0.900. The van der Waals surface area contributed by atoms with E-state index in [1.807, 2.05) is 6.33 Å². The summed E-state index contributed by atoms with van der Waals surface area (Å²) in [5, 5.41) is 8.31. The highest BCUT2D eigenvalue weighted by Gasteiger charge is 2.25. The molecule has 1 saturated carbocycles. The van der Waals surface area contributed by atoms with Crippen LogP contribution in [0.5, 0.6) is 0 Å². The Bertz CT molecular complexity index is 358. The van der Waals surface area contributed by atoms with Crippen molar-refractivity contribution < 1.29 is 0 Å².